The van der Waals surface area contributed by atoms with Crippen molar-refractivity contribution in [1.82, 2.24) is 31.9 Å². The van der Waals surface area contributed by atoms with E-state index in [-0.39, 0.29) is 75.6 Å². The van der Waals surface area contributed by atoms with E-state index >= 15 is 0 Å². The second-order valence-corrected chi connectivity index (χ2v) is 10.9. The van der Waals surface area contributed by atoms with E-state index in [1.54, 1.807) is 7.05 Å². The first-order valence-electron chi connectivity index (χ1n) is 15.3. The van der Waals surface area contributed by atoms with Crippen LogP contribution in [-0.2, 0) is 43.2 Å². The first-order valence-corrected chi connectivity index (χ1v) is 15.3. The van der Waals surface area contributed by atoms with Crippen LogP contribution in [0.4, 0.5) is 0 Å². The van der Waals surface area contributed by atoms with Gasteiger partial charge in [-0.15, -0.1) is 0 Å². The van der Waals surface area contributed by atoms with Crippen LogP contribution in [0, 0.1) is 0 Å². The molecule has 18 heteroatoms. The normalized spacial score (nSPS) is 13.2. The number of Topliss-reactive ketones (excluding diaryl/α,β-unsaturated/α-hetero) is 1. The molecule has 0 aliphatic heterocycles. The minimum absolute atomic E-state index is 0.0255. The van der Waals surface area contributed by atoms with Gasteiger partial charge in [0.1, 0.15) is 23.9 Å². The van der Waals surface area contributed by atoms with E-state index in [4.69, 9.17) is 5.11 Å². The second kappa shape index (κ2) is 23.7. The largest absolute Gasteiger partial charge is 0.480 e. The van der Waals surface area contributed by atoms with Gasteiger partial charge in [-0.2, -0.15) is 0 Å². The average molecular weight is 673 g/mol. The Hall–Kier alpha value is -4.61. The third-order valence-electron chi connectivity index (χ3n) is 6.91. The molecular weight excluding hydrogens is 624 g/mol. The van der Waals surface area contributed by atoms with E-state index in [0.29, 0.717) is 25.8 Å². The summed E-state index contributed by atoms with van der Waals surface area (Å²) in [6.45, 7) is 3.00. The number of amides is 5. The van der Waals surface area contributed by atoms with Crippen LogP contribution in [-0.4, -0.2) is 113 Å². The van der Waals surface area contributed by atoms with Gasteiger partial charge < -0.3 is 47.2 Å². The van der Waals surface area contributed by atoms with E-state index in [9.17, 15) is 53.4 Å². The van der Waals surface area contributed by atoms with Gasteiger partial charge >= 0.3 is 17.9 Å². The van der Waals surface area contributed by atoms with Crippen LogP contribution in [0.3, 0.4) is 0 Å². The molecule has 0 rings (SSSR count). The van der Waals surface area contributed by atoms with Gasteiger partial charge in [-0.05, 0) is 58.9 Å². The number of carboxylic acids is 3. The number of rotatable bonds is 26. The maximum Gasteiger partial charge on any atom is 0.326 e. The number of carbonyl (C=O) groups excluding carboxylic acids is 6. The molecule has 0 aromatic carbocycles. The zero-order chi connectivity index (χ0) is 35.9. The van der Waals surface area contributed by atoms with Crippen molar-refractivity contribution in [3.8, 4) is 0 Å². The molecule has 5 amide bonds. The molecule has 0 bridgehead atoms. The molecule has 0 saturated heterocycles. The standard InChI is InChI=1S/C29H48N6O12/c1-17(36)19(30-3)7-4-5-15-31-23(38)12-9-21(28(44)45)34-25(40)8-6-16-32-24(39)13-10-22(29(46)47)35-26(41)14-11-20(27(42)43)33-18(2)37/h19-22,30H,4-16H2,1-3H3,(H,31,38)(H,32,39)(H,33,37)(H,34,40)(H,35,41)(H,42,43)(H,44,45)(H,46,47)/t19?,20-,21?,22?/m0/s1. The molecule has 266 valence electrons. The van der Waals surface area contributed by atoms with Gasteiger partial charge in [0.05, 0.1) is 6.04 Å². The number of aliphatic carboxylic acids is 3. The summed E-state index contributed by atoms with van der Waals surface area (Å²) in [6.07, 6.45) is 0.519. The lowest BCUT2D eigenvalue weighted by atomic mass is 10.1. The lowest BCUT2D eigenvalue weighted by Gasteiger charge is -2.16. The summed E-state index contributed by atoms with van der Waals surface area (Å²) in [5, 5.41) is 42.6. The van der Waals surface area contributed by atoms with Crippen molar-refractivity contribution in [2.75, 3.05) is 20.1 Å². The Kier molecular flexibility index (Phi) is 21.4. The molecule has 3 unspecified atom stereocenters. The van der Waals surface area contributed by atoms with E-state index in [0.717, 1.165) is 6.92 Å². The van der Waals surface area contributed by atoms with Crippen molar-refractivity contribution in [2.45, 2.75) is 109 Å². The molecule has 0 spiro atoms. The molecule has 0 aromatic rings. The fourth-order valence-corrected chi connectivity index (χ4v) is 4.28. The third kappa shape index (κ3) is 20.9. The number of hydrogen-bond donors (Lipinski definition) is 9. The van der Waals surface area contributed by atoms with Crippen molar-refractivity contribution < 1.29 is 58.5 Å². The van der Waals surface area contributed by atoms with Crippen molar-refractivity contribution >= 4 is 53.2 Å². The minimum atomic E-state index is -1.43. The van der Waals surface area contributed by atoms with Crippen LogP contribution in [0.25, 0.3) is 0 Å². The number of ketones is 1. The Bertz CT molecular complexity index is 1120. The van der Waals surface area contributed by atoms with Crippen molar-refractivity contribution in [1.29, 1.82) is 0 Å². The molecule has 0 radical (unpaired) electrons. The van der Waals surface area contributed by atoms with Crippen molar-refractivity contribution in [2.24, 2.45) is 0 Å². The van der Waals surface area contributed by atoms with Gasteiger partial charge in [0.25, 0.3) is 0 Å². The molecule has 4 atom stereocenters. The van der Waals surface area contributed by atoms with Crippen LogP contribution >= 0.6 is 0 Å². The number of carboxylic acid groups (broad SMARTS) is 3. The zero-order valence-electron chi connectivity index (χ0n) is 27.0. The molecule has 0 fully saturated rings. The Labute approximate surface area is 272 Å². The molecule has 47 heavy (non-hydrogen) atoms. The molecule has 9 N–H and O–H groups in total. The van der Waals surface area contributed by atoms with Crippen LogP contribution in [0.2, 0.25) is 0 Å². The maximum absolute atomic E-state index is 12.2. The van der Waals surface area contributed by atoms with E-state index < -0.39 is 59.7 Å². The Morgan fingerprint density at radius 1 is 0.489 bits per heavy atom. The van der Waals surface area contributed by atoms with Crippen LogP contribution in [0.15, 0.2) is 0 Å². The third-order valence-corrected chi connectivity index (χ3v) is 6.91. The minimum Gasteiger partial charge on any atom is -0.480 e. The average Bonchev–Trinajstić information content (AvgIpc) is 2.98. The van der Waals surface area contributed by atoms with Crippen LogP contribution < -0.4 is 31.9 Å². The molecular formula is C29H48N6O12. The lowest BCUT2D eigenvalue weighted by Crippen LogP contribution is -2.44. The molecule has 0 aliphatic rings. The Morgan fingerprint density at radius 3 is 1.30 bits per heavy atom. The monoisotopic (exact) mass is 672 g/mol. The van der Waals surface area contributed by atoms with Crippen molar-refractivity contribution in [3.05, 3.63) is 0 Å². The molecule has 0 aromatic heterocycles. The summed E-state index contributed by atoms with van der Waals surface area (Å²) in [5.41, 5.74) is 0. The molecule has 0 aliphatic carbocycles. The molecule has 0 heterocycles. The lowest BCUT2D eigenvalue weighted by molar-refractivity contribution is -0.143. The maximum atomic E-state index is 12.2. The van der Waals surface area contributed by atoms with Crippen LogP contribution in [0.1, 0.15) is 84.5 Å². The van der Waals surface area contributed by atoms with Gasteiger partial charge in [-0.1, -0.05) is 0 Å². The molecule has 18 nitrogen and oxygen atoms in total. The number of hydrogen-bond acceptors (Lipinski definition) is 10. The van der Waals surface area contributed by atoms with Gasteiger partial charge in [0.15, 0.2) is 0 Å². The van der Waals surface area contributed by atoms with Crippen LogP contribution in [0.5, 0.6) is 0 Å². The van der Waals surface area contributed by atoms with Gasteiger partial charge in [0, 0.05) is 45.7 Å². The summed E-state index contributed by atoms with van der Waals surface area (Å²) in [7, 11) is 1.70. The first kappa shape index (κ1) is 42.4. The topological polar surface area (TPSA) is 286 Å². The zero-order valence-corrected chi connectivity index (χ0v) is 27.0. The Balaban J connectivity index is 4.39. The first-order chi connectivity index (χ1) is 22.1. The summed E-state index contributed by atoms with van der Waals surface area (Å²) < 4.78 is 0. The summed E-state index contributed by atoms with van der Waals surface area (Å²) in [6, 6.07) is -4.28. The molecule has 0 saturated carbocycles. The highest BCUT2D eigenvalue weighted by molar-refractivity contribution is 5.86. The van der Waals surface area contributed by atoms with Gasteiger partial charge in [-0.25, -0.2) is 14.4 Å². The predicted molar refractivity (Wildman–Crippen MR) is 165 cm³/mol. The summed E-state index contributed by atoms with van der Waals surface area (Å²) in [5.74, 6) is -6.96. The van der Waals surface area contributed by atoms with E-state index in [1.165, 1.54) is 6.92 Å². The number of nitrogens with one attached hydrogen (secondary N) is 6. The van der Waals surface area contributed by atoms with Gasteiger partial charge in [0.2, 0.25) is 29.5 Å². The smallest absolute Gasteiger partial charge is 0.326 e. The number of unbranched alkanes of at least 4 members (excludes halogenated alkanes) is 1. The van der Waals surface area contributed by atoms with Gasteiger partial charge in [-0.3, -0.25) is 28.8 Å². The number of carbonyl (C=O) groups is 9. The summed E-state index contributed by atoms with van der Waals surface area (Å²) in [4.78, 5) is 105. The van der Waals surface area contributed by atoms with Crippen molar-refractivity contribution in [3.63, 3.8) is 0 Å². The Morgan fingerprint density at radius 2 is 0.894 bits per heavy atom. The number of likely N-dealkylation sites (N-methyl/N-ethyl adjacent to an activating group) is 1. The SMILES string of the molecule is CNC(CCCCNC(=O)CCC(NC(=O)CCCNC(=O)CCC(NC(=O)CC[C@H](NC(C)=O)C(=O)O)C(=O)O)C(=O)O)C(C)=O. The second-order valence-electron chi connectivity index (χ2n) is 10.9. The highest BCUT2D eigenvalue weighted by Gasteiger charge is 2.24. The fraction of sp³-hybridized carbons (Fsp3) is 0.690. The fourth-order valence-electron chi connectivity index (χ4n) is 4.28. The van der Waals surface area contributed by atoms with E-state index in [1.807, 2.05) is 0 Å². The van der Waals surface area contributed by atoms with E-state index in [2.05, 4.69) is 31.9 Å². The predicted octanol–water partition coefficient (Wildman–Crippen LogP) is -1.58. The highest BCUT2D eigenvalue weighted by atomic mass is 16.4. The highest BCUT2D eigenvalue weighted by Crippen LogP contribution is 2.05. The quantitative estimate of drug-likeness (QED) is 0.0469. The summed E-state index contributed by atoms with van der Waals surface area (Å²) >= 11 is 0.